The Morgan fingerprint density at radius 2 is 2.20 bits per heavy atom. The minimum Gasteiger partial charge on any atom is -0.380 e. The first-order valence-electron chi connectivity index (χ1n) is 7.25. The Morgan fingerprint density at radius 3 is 3.00 bits per heavy atom. The molecule has 20 heavy (non-hydrogen) atoms. The van der Waals surface area contributed by atoms with E-state index >= 15 is 0 Å². The summed E-state index contributed by atoms with van der Waals surface area (Å²) in [5, 5.41) is 3.56. The highest BCUT2D eigenvalue weighted by atomic mass is 16.5. The molecule has 1 fully saturated rings. The molecule has 0 bridgehead atoms. The monoisotopic (exact) mass is 271 g/mol. The minimum atomic E-state index is 0.568. The van der Waals surface area contributed by atoms with Crippen LogP contribution in [0, 0.1) is 0 Å². The van der Waals surface area contributed by atoms with E-state index in [0.29, 0.717) is 12.6 Å². The van der Waals surface area contributed by atoms with E-state index in [-0.39, 0.29) is 0 Å². The van der Waals surface area contributed by atoms with Crippen molar-refractivity contribution in [2.24, 2.45) is 0 Å². The predicted molar refractivity (Wildman–Crippen MR) is 80.2 cm³/mol. The summed E-state index contributed by atoms with van der Waals surface area (Å²) >= 11 is 0. The number of imidazole rings is 1. The highest BCUT2D eigenvalue weighted by Crippen LogP contribution is 2.23. The van der Waals surface area contributed by atoms with Crippen molar-refractivity contribution < 1.29 is 4.74 Å². The van der Waals surface area contributed by atoms with E-state index in [2.05, 4.69) is 39.1 Å². The molecule has 1 N–H and O–H groups in total. The van der Waals surface area contributed by atoms with Crippen LogP contribution in [0.1, 0.15) is 31.2 Å². The highest BCUT2D eigenvalue weighted by molar-refractivity contribution is 5.44. The van der Waals surface area contributed by atoms with Gasteiger partial charge >= 0.3 is 0 Å². The van der Waals surface area contributed by atoms with Crippen molar-refractivity contribution in [2.45, 2.75) is 38.3 Å². The Balaban J connectivity index is 1.82. The topological polar surface area (TPSA) is 39.1 Å². The predicted octanol–water partition coefficient (Wildman–Crippen LogP) is 3.37. The van der Waals surface area contributed by atoms with E-state index in [1.165, 1.54) is 31.2 Å². The molecule has 1 heterocycles. The van der Waals surface area contributed by atoms with Crippen molar-refractivity contribution in [3.8, 4) is 5.69 Å². The second-order valence-corrected chi connectivity index (χ2v) is 5.35. The molecule has 4 nitrogen and oxygen atoms in total. The summed E-state index contributed by atoms with van der Waals surface area (Å²) in [7, 11) is 1.72. The summed E-state index contributed by atoms with van der Waals surface area (Å²) in [5.41, 5.74) is 2.29. The van der Waals surface area contributed by atoms with E-state index in [0.717, 1.165) is 11.6 Å². The quantitative estimate of drug-likeness (QED) is 0.906. The summed E-state index contributed by atoms with van der Waals surface area (Å²) in [6.45, 7) is 0.633. The minimum absolute atomic E-state index is 0.568. The van der Waals surface area contributed by atoms with Gasteiger partial charge in [-0.3, -0.25) is 4.57 Å². The van der Waals surface area contributed by atoms with E-state index < -0.39 is 0 Å². The zero-order valence-corrected chi connectivity index (χ0v) is 11.9. The molecule has 1 aliphatic rings. The van der Waals surface area contributed by atoms with Crippen LogP contribution in [0.25, 0.3) is 5.69 Å². The van der Waals surface area contributed by atoms with Crippen molar-refractivity contribution in [3.63, 3.8) is 0 Å². The van der Waals surface area contributed by atoms with Crippen LogP contribution in [0.2, 0.25) is 0 Å². The molecule has 0 aliphatic heterocycles. The summed E-state index contributed by atoms with van der Waals surface area (Å²) < 4.78 is 7.31. The van der Waals surface area contributed by atoms with E-state index in [9.17, 15) is 0 Å². The maximum absolute atomic E-state index is 5.20. The van der Waals surface area contributed by atoms with Gasteiger partial charge in [-0.1, -0.05) is 25.0 Å². The fourth-order valence-corrected chi connectivity index (χ4v) is 2.83. The second kappa shape index (κ2) is 6.09. The number of rotatable bonds is 5. The first-order chi connectivity index (χ1) is 9.86. The van der Waals surface area contributed by atoms with Crippen LogP contribution < -0.4 is 5.32 Å². The molecule has 0 radical (unpaired) electrons. The van der Waals surface area contributed by atoms with Gasteiger partial charge in [-0.25, -0.2) is 4.98 Å². The number of aromatic nitrogens is 2. The highest BCUT2D eigenvalue weighted by Gasteiger charge is 2.16. The normalized spacial score (nSPS) is 15.7. The van der Waals surface area contributed by atoms with Crippen molar-refractivity contribution >= 4 is 5.95 Å². The maximum atomic E-state index is 5.20. The van der Waals surface area contributed by atoms with Crippen molar-refractivity contribution in [1.82, 2.24) is 9.55 Å². The Hall–Kier alpha value is -1.81. The van der Waals surface area contributed by atoms with Crippen LogP contribution in [0.15, 0.2) is 36.7 Å². The lowest BCUT2D eigenvalue weighted by Crippen LogP contribution is -2.17. The largest absolute Gasteiger partial charge is 0.380 e. The standard InChI is InChI=1S/C16H21N3O/c1-20-12-13-5-4-8-15(11-13)19-10-9-17-16(19)18-14-6-2-3-7-14/h4-5,8-11,14H,2-3,6-7,12H2,1H3,(H,17,18). The van der Waals surface area contributed by atoms with E-state index in [1.54, 1.807) is 7.11 Å². The third kappa shape index (κ3) is 2.85. The molecule has 3 rings (SSSR count). The van der Waals surface area contributed by atoms with Gasteiger partial charge in [0.2, 0.25) is 5.95 Å². The molecule has 0 amide bonds. The van der Waals surface area contributed by atoms with Crippen molar-refractivity contribution in [3.05, 3.63) is 42.2 Å². The van der Waals surface area contributed by atoms with Crippen LogP contribution in [0.4, 0.5) is 5.95 Å². The lowest BCUT2D eigenvalue weighted by molar-refractivity contribution is 0.185. The number of hydrogen-bond acceptors (Lipinski definition) is 3. The summed E-state index contributed by atoms with van der Waals surface area (Å²) in [6, 6.07) is 8.95. The van der Waals surface area contributed by atoms with Gasteiger partial charge in [0, 0.05) is 31.2 Å². The molecular formula is C16H21N3O. The zero-order chi connectivity index (χ0) is 13.8. The maximum Gasteiger partial charge on any atom is 0.207 e. The smallest absolute Gasteiger partial charge is 0.207 e. The average molecular weight is 271 g/mol. The molecule has 106 valence electrons. The number of methoxy groups -OCH3 is 1. The molecule has 1 aliphatic carbocycles. The van der Waals surface area contributed by atoms with Crippen LogP contribution in [0.3, 0.4) is 0 Å². The van der Waals surface area contributed by atoms with Crippen LogP contribution in [-0.2, 0) is 11.3 Å². The molecule has 1 saturated carbocycles. The number of nitrogens with one attached hydrogen (secondary N) is 1. The SMILES string of the molecule is COCc1cccc(-n2ccnc2NC2CCCC2)c1. The number of anilines is 1. The van der Waals surface area contributed by atoms with E-state index in [4.69, 9.17) is 4.74 Å². The number of benzene rings is 1. The Labute approximate surface area is 119 Å². The number of nitrogens with zero attached hydrogens (tertiary/aromatic N) is 2. The molecule has 0 atom stereocenters. The molecule has 1 aromatic carbocycles. The van der Waals surface area contributed by atoms with Gasteiger partial charge in [-0.05, 0) is 30.5 Å². The summed E-state index contributed by atoms with van der Waals surface area (Å²) in [6.07, 6.45) is 8.99. The molecule has 0 saturated heterocycles. The molecule has 4 heteroatoms. The van der Waals surface area contributed by atoms with Crippen LogP contribution in [-0.4, -0.2) is 22.7 Å². The fraction of sp³-hybridized carbons (Fsp3) is 0.438. The lowest BCUT2D eigenvalue weighted by Gasteiger charge is -2.15. The van der Waals surface area contributed by atoms with Gasteiger partial charge in [0.1, 0.15) is 0 Å². The van der Waals surface area contributed by atoms with Gasteiger partial charge < -0.3 is 10.1 Å². The molecule has 0 spiro atoms. The molecule has 1 aromatic heterocycles. The van der Waals surface area contributed by atoms with Gasteiger partial charge in [0.05, 0.1) is 6.61 Å². The molecular weight excluding hydrogens is 250 g/mol. The Morgan fingerprint density at radius 1 is 1.35 bits per heavy atom. The van der Waals surface area contributed by atoms with Gasteiger partial charge in [0.25, 0.3) is 0 Å². The fourth-order valence-electron chi connectivity index (χ4n) is 2.83. The average Bonchev–Trinajstić information content (AvgIpc) is 3.12. The molecule has 0 unspecified atom stereocenters. The van der Waals surface area contributed by atoms with Crippen molar-refractivity contribution in [1.29, 1.82) is 0 Å². The third-order valence-corrected chi connectivity index (χ3v) is 3.83. The summed E-state index contributed by atoms with van der Waals surface area (Å²) in [5.74, 6) is 0.937. The Kier molecular flexibility index (Phi) is 4.02. The van der Waals surface area contributed by atoms with Gasteiger partial charge in [0.15, 0.2) is 0 Å². The van der Waals surface area contributed by atoms with Crippen LogP contribution in [0.5, 0.6) is 0 Å². The van der Waals surface area contributed by atoms with E-state index in [1.807, 2.05) is 12.4 Å². The molecule has 2 aromatic rings. The first-order valence-corrected chi connectivity index (χ1v) is 7.25. The van der Waals surface area contributed by atoms with Crippen LogP contribution >= 0.6 is 0 Å². The first kappa shape index (κ1) is 13.2. The number of hydrogen-bond donors (Lipinski definition) is 1. The second-order valence-electron chi connectivity index (χ2n) is 5.35. The third-order valence-electron chi connectivity index (χ3n) is 3.83. The van der Waals surface area contributed by atoms with Gasteiger partial charge in [-0.15, -0.1) is 0 Å². The van der Waals surface area contributed by atoms with Gasteiger partial charge in [-0.2, -0.15) is 0 Å². The van der Waals surface area contributed by atoms with Crippen molar-refractivity contribution in [2.75, 3.05) is 12.4 Å². The lowest BCUT2D eigenvalue weighted by atomic mass is 10.2. The number of ether oxygens (including phenoxy) is 1. The Bertz CT molecular complexity index is 558. The summed E-state index contributed by atoms with van der Waals surface area (Å²) in [4.78, 5) is 4.45. The zero-order valence-electron chi connectivity index (χ0n) is 11.9.